The van der Waals surface area contributed by atoms with Gasteiger partial charge in [-0.15, -0.1) is 0 Å². The first kappa shape index (κ1) is 14.3. The van der Waals surface area contributed by atoms with Crippen molar-refractivity contribution in [2.24, 2.45) is 0 Å². The van der Waals surface area contributed by atoms with E-state index in [0.717, 1.165) is 19.2 Å². The van der Waals surface area contributed by atoms with E-state index in [1.807, 2.05) is 0 Å². The van der Waals surface area contributed by atoms with Crippen molar-refractivity contribution in [2.45, 2.75) is 10.4 Å². The summed E-state index contributed by atoms with van der Waals surface area (Å²) in [5.74, 6) is -2.61. The van der Waals surface area contributed by atoms with E-state index in [0.29, 0.717) is 0 Å². The van der Waals surface area contributed by atoms with Crippen molar-refractivity contribution in [3.63, 3.8) is 0 Å². The summed E-state index contributed by atoms with van der Waals surface area (Å²) in [6.07, 6.45) is 0. The molecule has 0 aliphatic rings. The average Bonchev–Trinajstić information content (AvgIpc) is 2.29. The zero-order valence-corrected chi connectivity index (χ0v) is 9.66. The van der Waals surface area contributed by atoms with Gasteiger partial charge in [-0.1, -0.05) is 0 Å². The topological polar surface area (TPSA) is 50.1 Å². The number of alkyl halides is 3. The second kappa shape index (κ2) is 5.27. The van der Waals surface area contributed by atoms with Crippen molar-refractivity contribution in [3.05, 3.63) is 29.1 Å². The molecule has 1 aromatic rings. The fraction of sp³-hybridized carbons (Fsp3) is 0.200. The largest absolute Gasteiger partial charge is 0.465 e. The lowest BCUT2D eigenvalue weighted by molar-refractivity contribution is -0.0329. The molecule has 18 heavy (non-hydrogen) atoms. The van der Waals surface area contributed by atoms with Gasteiger partial charge >= 0.3 is 11.5 Å². The van der Waals surface area contributed by atoms with Crippen LogP contribution in [0.25, 0.3) is 0 Å². The molecule has 96 valence electrons. The summed E-state index contributed by atoms with van der Waals surface area (Å²) in [7, 11) is 0.937. The van der Waals surface area contributed by atoms with Crippen molar-refractivity contribution in [2.75, 3.05) is 7.11 Å². The van der Waals surface area contributed by atoms with E-state index < -0.39 is 39.5 Å². The molecule has 0 heterocycles. The molecular formula is C10H5F4NO2S. The van der Waals surface area contributed by atoms with Gasteiger partial charge in [0.05, 0.1) is 17.6 Å². The normalized spacial score (nSPS) is 10.9. The maximum Gasteiger partial charge on any atom is 0.446 e. The summed E-state index contributed by atoms with van der Waals surface area (Å²) < 4.78 is 54.3. The summed E-state index contributed by atoms with van der Waals surface area (Å²) >= 11 is -0.704. The molecule has 0 aromatic heterocycles. The molecule has 0 radical (unpaired) electrons. The van der Waals surface area contributed by atoms with Gasteiger partial charge in [0.2, 0.25) is 0 Å². The molecular weight excluding hydrogens is 274 g/mol. The first-order valence-corrected chi connectivity index (χ1v) is 5.18. The highest BCUT2D eigenvalue weighted by molar-refractivity contribution is 8.00. The van der Waals surface area contributed by atoms with Gasteiger partial charge in [-0.2, -0.15) is 18.4 Å². The van der Waals surface area contributed by atoms with E-state index in [1.54, 1.807) is 0 Å². The molecule has 1 aromatic carbocycles. The molecule has 0 aliphatic carbocycles. The van der Waals surface area contributed by atoms with Crippen molar-refractivity contribution >= 4 is 17.7 Å². The molecule has 0 bridgehead atoms. The predicted octanol–water partition coefficient (Wildman–Crippen LogP) is 3.10. The quantitative estimate of drug-likeness (QED) is 0.474. The van der Waals surface area contributed by atoms with Crippen LogP contribution in [0, 0.1) is 17.1 Å². The number of carbonyl (C=O) groups is 1. The van der Waals surface area contributed by atoms with Crippen molar-refractivity contribution in [1.82, 2.24) is 0 Å². The molecule has 8 heteroatoms. The standard InChI is InChI=1S/C10H5F4NO2S/c1-17-9(16)7-5(4-15)2-3-6(8(7)11)18-10(12,13)14/h2-3H,1H3. The van der Waals surface area contributed by atoms with Crippen LogP contribution in [0.15, 0.2) is 17.0 Å². The number of hydrogen-bond donors (Lipinski definition) is 0. The average molecular weight is 279 g/mol. The fourth-order valence-electron chi connectivity index (χ4n) is 1.16. The number of ether oxygens (including phenoxy) is 1. The van der Waals surface area contributed by atoms with Gasteiger partial charge in [0.25, 0.3) is 0 Å². The minimum atomic E-state index is -4.69. The summed E-state index contributed by atoms with van der Waals surface area (Å²) in [5, 5.41) is 8.66. The molecule has 1 rings (SSSR count). The van der Waals surface area contributed by atoms with Crippen LogP contribution in [0.2, 0.25) is 0 Å². The molecule has 0 aliphatic heterocycles. The molecule has 0 fully saturated rings. The number of hydrogen-bond acceptors (Lipinski definition) is 4. The van der Waals surface area contributed by atoms with Crippen LogP contribution in [0.5, 0.6) is 0 Å². The van der Waals surface area contributed by atoms with Crippen LogP contribution in [-0.4, -0.2) is 18.6 Å². The van der Waals surface area contributed by atoms with E-state index in [-0.39, 0.29) is 5.56 Å². The Labute approximate surface area is 103 Å². The molecule has 0 atom stereocenters. The number of rotatable bonds is 2. The van der Waals surface area contributed by atoms with Gasteiger partial charge < -0.3 is 4.74 Å². The number of esters is 1. The third-order valence-electron chi connectivity index (χ3n) is 1.84. The fourth-order valence-corrected chi connectivity index (χ4v) is 1.73. The third kappa shape index (κ3) is 3.13. The van der Waals surface area contributed by atoms with Crippen LogP contribution in [-0.2, 0) is 4.74 Å². The highest BCUT2D eigenvalue weighted by Gasteiger charge is 2.32. The van der Waals surface area contributed by atoms with E-state index in [2.05, 4.69) is 4.74 Å². The van der Waals surface area contributed by atoms with Gasteiger partial charge in [0.15, 0.2) is 5.82 Å². The Balaban J connectivity index is 3.35. The van der Waals surface area contributed by atoms with Gasteiger partial charge in [0.1, 0.15) is 11.6 Å². The van der Waals surface area contributed by atoms with Gasteiger partial charge in [-0.3, -0.25) is 0 Å². The number of thioether (sulfide) groups is 1. The maximum atomic E-state index is 13.7. The summed E-state index contributed by atoms with van der Waals surface area (Å²) in [4.78, 5) is 10.4. The summed E-state index contributed by atoms with van der Waals surface area (Å²) in [6.45, 7) is 0. The number of halogens is 4. The molecule has 0 saturated carbocycles. The number of benzene rings is 1. The number of carbonyl (C=O) groups excluding carboxylic acids is 1. The van der Waals surface area contributed by atoms with Crippen LogP contribution in [0.3, 0.4) is 0 Å². The Morgan fingerprint density at radius 3 is 2.50 bits per heavy atom. The van der Waals surface area contributed by atoms with Crippen LogP contribution in [0.4, 0.5) is 17.6 Å². The molecule has 0 N–H and O–H groups in total. The molecule has 0 amide bonds. The lowest BCUT2D eigenvalue weighted by Crippen LogP contribution is -2.10. The van der Waals surface area contributed by atoms with Gasteiger partial charge in [0, 0.05) is 0 Å². The Morgan fingerprint density at radius 1 is 1.44 bits per heavy atom. The highest BCUT2D eigenvalue weighted by atomic mass is 32.2. The van der Waals surface area contributed by atoms with E-state index >= 15 is 0 Å². The SMILES string of the molecule is COC(=O)c1c(C#N)ccc(SC(F)(F)F)c1F. The van der Waals surface area contributed by atoms with E-state index in [9.17, 15) is 22.4 Å². The van der Waals surface area contributed by atoms with Crippen molar-refractivity contribution in [1.29, 1.82) is 5.26 Å². The Kier molecular flexibility index (Phi) is 4.19. The zero-order valence-electron chi connectivity index (χ0n) is 8.84. The minimum absolute atomic E-state index is 0.383. The lowest BCUT2D eigenvalue weighted by Gasteiger charge is -2.10. The predicted molar refractivity (Wildman–Crippen MR) is 54.4 cm³/mol. The first-order chi connectivity index (χ1) is 8.30. The Morgan fingerprint density at radius 2 is 2.06 bits per heavy atom. The smallest absolute Gasteiger partial charge is 0.446 e. The van der Waals surface area contributed by atoms with Crippen LogP contribution >= 0.6 is 11.8 Å². The minimum Gasteiger partial charge on any atom is -0.465 e. The van der Waals surface area contributed by atoms with Crippen LogP contribution < -0.4 is 0 Å². The monoisotopic (exact) mass is 279 g/mol. The Bertz CT molecular complexity index is 522. The zero-order chi connectivity index (χ0) is 13.9. The van der Waals surface area contributed by atoms with Gasteiger partial charge in [-0.05, 0) is 23.9 Å². The summed E-state index contributed by atoms with van der Waals surface area (Å²) in [6, 6.07) is 3.23. The van der Waals surface area contributed by atoms with Crippen LogP contribution in [0.1, 0.15) is 15.9 Å². The Hall–Kier alpha value is -1.75. The van der Waals surface area contributed by atoms with Crippen molar-refractivity contribution < 1.29 is 27.1 Å². The lowest BCUT2D eigenvalue weighted by atomic mass is 10.1. The second-order valence-corrected chi connectivity index (χ2v) is 4.06. The number of nitrogens with zero attached hydrogens (tertiary/aromatic N) is 1. The highest BCUT2D eigenvalue weighted by Crippen LogP contribution is 2.39. The van der Waals surface area contributed by atoms with E-state index in [4.69, 9.17) is 5.26 Å². The summed E-state index contributed by atoms with van der Waals surface area (Å²) in [5.41, 5.74) is -5.87. The number of methoxy groups -OCH3 is 1. The third-order valence-corrected chi connectivity index (χ3v) is 2.61. The molecule has 0 spiro atoms. The number of nitriles is 1. The second-order valence-electron chi connectivity index (χ2n) is 2.95. The molecule has 3 nitrogen and oxygen atoms in total. The van der Waals surface area contributed by atoms with Crippen molar-refractivity contribution in [3.8, 4) is 6.07 Å². The first-order valence-electron chi connectivity index (χ1n) is 4.36. The van der Waals surface area contributed by atoms with E-state index in [1.165, 1.54) is 6.07 Å². The molecule has 0 unspecified atom stereocenters. The van der Waals surface area contributed by atoms with Gasteiger partial charge in [-0.25, -0.2) is 9.18 Å². The maximum absolute atomic E-state index is 13.7. The molecule has 0 saturated heterocycles.